The third kappa shape index (κ3) is 4.02. The molecule has 0 radical (unpaired) electrons. The summed E-state index contributed by atoms with van der Waals surface area (Å²) in [6.45, 7) is 2.28. The predicted octanol–water partition coefficient (Wildman–Crippen LogP) is 6.91. The molecule has 0 amide bonds. The summed E-state index contributed by atoms with van der Waals surface area (Å²) in [7, 11) is 0. The summed E-state index contributed by atoms with van der Waals surface area (Å²) in [5, 5.41) is 1.97. The molecule has 0 spiro atoms. The van der Waals surface area contributed by atoms with Crippen LogP contribution in [0.2, 0.25) is 10.0 Å². The Bertz CT molecular complexity index is 1210. The standard InChI is InChI=1S/C24H18Cl2O3/c1-2-15-11-18-17(16-7-4-3-5-8-16)12-24(27)29-23(18)13-22(15)28-14-19-20(25)9-6-10-21(19)26/h3-13H,2,14H2,1H3. The Labute approximate surface area is 178 Å². The third-order valence-electron chi connectivity index (χ3n) is 4.83. The fourth-order valence-corrected chi connectivity index (χ4v) is 3.83. The van der Waals surface area contributed by atoms with Crippen LogP contribution in [0.5, 0.6) is 5.75 Å². The fraction of sp³-hybridized carbons (Fsp3) is 0.125. The van der Waals surface area contributed by atoms with Crippen molar-refractivity contribution in [3.8, 4) is 16.9 Å². The molecule has 0 N–H and O–H groups in total. The van der Waals surface area contributed by atoms with E-state index in [-0.39, 0.29) is 6.61 Å². The molecule has 0 aliphatic carbocycles. The van der Waals surface area contributed by atoms with E-state index in [9.17, 15) is 4.79 Å². The Morgan fingerprint density at radius 1 is 0.931 bits per heavy atom. The molecule has 0 bridgehead atoms. The molecule has 29 heavy (non-hydrogen) atoms. The molecule has 3 aromatic carbocycles. The monoisotopic (exact) mass is 424 g/mol. The number of ether oxygens (including phenoxy) is 1. The highest BCUT2D eigenvalue weighted by Crippen LogP contribution is 2.34. The van der Waals surface area contributed by atoms with Crippen molar-refractivity contribution in [3.63, 3.8) is 0 Å². The van der Waals surface area contributed by atoms with Crippen LogP contribution >= 0.6 is 23.2 Å². The zero-order chi connectivity index (χ0) is 20.4. The number of hydrogen-bond donors (Lipinski definition) is 0. The molecule has 0 fully saturated rings. The van der Waals surface area contributed by atoms with Gasteiger partial charge in [-0.1, -0.05) is 66.5 Å². The van der Waals surface area contributed by atoms with Crippen LogP contribution in [0.4, 0.5) is 0 Å². The second-order valence-corrected chi connectivity index (χ2v) is 7.46. The summed E-state index contributed by atoms with van der Waals surface area (Å²) in [4.78, 5) is 12.2. The minimum Gasteiger partial charge on any atom is -0.488 e. The van der Waals surface area contributed by atoms with Gasteiger partial charge in [-0.15, -0.1) is 0 Å². The normalized spacial score (nSPS) is 11.0. The molecule has 4 rings (SSSR count). The highest BCUT2D eigenvalue weighted by atomic mass is 35.5. The van der Waals surface area contributed by atoms with Crippen LogP contribution in [-0.4, -0.2) is 0 Å². The first-order valence-electron chi connectivity index (χ1n) is 9.28. The lowest BCUT2D eigenvalue weighted by atomic mass is 9.99. The molecule has 0 aliphatic rings. The van der Waals surface area contributed by atoms with Gasteiger partial charge in [0.15, 0.2) is 0 Å². The number of fused-ring (bicyclic) bond motifs is 1. The van der Waals surface area contributed by atoms with E-state index in [1.165, 1.54) is 6.07 Å². The van der Waals surface area contributed by atoms with E-state index in [0.29, 0.717) is 21.4 Å². The minimum atomic E-state index is -0.402. The molecule has 4 aromatic rings. The van der Waals surface area contributed by atoms with Crippen molar-refractivity contribution < 1.29 is 9.15 Å². The maximum Gasteiger partial charge on any atom is 0.336 e. The predicted molar refractivity (Wildman–Crippen MR) is 118 cm³/mol. The lowest BCUT2D eigenvalue weighted by Crippen LogP contribution is -2.02. The zero-order valence-corrected chi connectivity index (χ0v) is 17.3. The molecule has 1 heterocycles. The van der Waals surface area contributed by atoms with Gasteiger partial charge in [-0.2, -0.15) is 0 Å². The third-order valence-corrected chi connectivity index (χ3v) is 5.53. The number of aryl methyl sites for hydroxylation is 1. The lowest BCUT2D eigenvalue weighted by Gasteiger charge is -2.14. The van der Waals surface area contributed by atoms with Gasteiger partial charge >= 0.3 is 5.63 Å². The first kappa shape index (κ1) is 19.6. The van der Waals surface area contributed by atoms with Gasteiger partial charge in [0.05, 0.1) is 0 Å². The molecule has 0 saturated carbocycles. The van der Waals surface area contributed by atoms with E-state index < -0.39 is 5.63 Å². The summed E-state index contributed by atoms with van der Waals surface area (Å²) in [5.41, 5.74) is 3.61. The van der Waals surface area contributed by atoms with Crippen molar-refractivity contribution in [1.29, 1.82) is 0 Å². The van der Waals surface area contributed by atoms with Gasteiger partial charge in [-0.25, -0.2) is 4.79 Å². The van der Waals surface area contributed by atoms with Crippen LogP contribution in [0.25, 0.3) is 22.1 Å². The topological polar surface area (TPSA) is 39.4 Å². The number of halogens is 2. The molecule has 1 aromatic heterocycles. The summed E-state index contributed by atoms with van der Waals surface area (Å²) >= 11 is 12.5. The van der Waals surface area contributed by atoms with Crippen molar-refractivity contribution in [2.45, 2.75) is 20.0 Å². The molecule has 3 nitrogen and oxygen atoms in total. The largest absolute Gasteiger partial charge is 0.488 e. The maximum absolute atomic E-state index is 12.2. The van der Waals surface area contributed by atoms with Crippen LogP contribution < -0.4 is 10.4 Å². The Balaban J connectivity index is 1.79. The minimum absolute atomic E-state index is 0.222. The lowest BCUT2D eigenvalue weighted by molar-refractivity contribution is 0.303. The van der Waals surface area contributed by atoms with Crippen molar-refractivity contribution in [2.75, 3.05) is 0 Å². The Kier molecular flexibility index (Phi) is 5.61. The van der Waals surface area contributed by atoms with E-state index in [1.807, 2.05) is 36.4 Å². The Hall–Kier alpha value is -2.75. The summed E-state index contributed by atoms with van der Waals surface area (Å²) in [5.74, 6) is 0.643. The Morgan fingerprint density at radius 3 is 2.34 bits per heavy atom. The van der Waals surface area contributed by atoms with Crippen LogP contribution in [0.15, 0.2) is 75.9 Å². The highest BCUT2D eigenvalue weighted by molar-refractivity contribution is 6.35. The van der Waals surface area contributed by atoms with Crippen LogP contribution in [0.3, 0.4) is 0 Å². The van der Waals surface area contributed by atoms with Gasteiger partial charge in [-0.3, -0.25) is 0 Å². The maximum atomic E-state index is 12.2. The van der Waals surface area contributed by atoms with Gasteiger partial charge in [0.25, 0.3) is 0 Å². The van der Waals surface area contributed by atoms with Crippen LogP contribution in [0.1, 0.15) is 18.1 Å². The van der Waals surface area contributed by atoms with Gasteiger partial charge in [0, 0.05) is 33.1 Å². The molecular weight excluding hydrogens is 407 g/mol. The van der Waals surface area contributed by atoms with Crippen molar-refractivity contribution in [2.24, 2.45) is 0 Å². The van der Waals surface area contributed by atoms with Crippen LogP contribution in [-0.2, 0) is 13.0 Å². The fourth-order valence-electron chi connectivity index (χ4n) is 3.32. The second-order valence-electron chi connectivity index (χ2n) is 6.64. The number of hydrogen-bond acceptors (Lipinski definition) is 3. The first-order chi connectivity index (χ1) is 14.1. The molecule has 0 unspecified atom stereocenters. The summed E-state index contributed by atoms with van der Waals surface area (Å²) in [6, 6.07) is 20.5. The number of benzene rings is 3. The van der Waals surface area contributed by atoms with E-state index in [0.717, 1.165) is 34.1 Å². The smallest absolute Gasteiger partial charge is 0.336 e. The molecule has 0 aliphatic heterocycles. The van der Waals surface area contributed by atoms with Gasteiger partial charge in [0.1, 0.15) is 17.9 Å². The van der Waals surface area contributed by atoms with E-state index >= 15 is 0 Å². The number of rotatable bonds is 5. The summed E-state index contributed by atoms with van der Waals surface area (Å²) in [6.07, 6.45) is 0.759. The average Bonchev–Trinajstić information content (AvgIpc) is 2.73. The van der Waals surface area contributed by atoms with E-state index in [4.69, 9.17) is 32.4 Å². The molecule has 0 atom stereocenters. The van der Waals surface area contributed by atoms with Crippen molar-refractivity contribution in [3.05, 3.63) is 98.3 Å². The Morgan fingerprint density at radius 2 is 1.66 bits per heavy atom. The molecule has 146 valence electrons. The first-order valence-corrected chi connectivity index (χ1v) is 10.0. The highest BCUT2D eigenvalue weighted by Gasteiger charge is 2.14. The summed E-state index contributed by atoms with van der Waals surface area (Å²) < 4.78 is 11.5. The van der Waals surface area contributed by atoms with E-state index in [1.54, 1.807) is 24.3 Å². The molecule has 0 saturated heterocycles. The molecule has 5 heteroatoms. The van der Waals surface area contributed by atoms with Gasteiger partial charge < -0.3 is 9.15 Å². The SMILES string of the molecule is CCc1cc2c(-c3ccccc3)cc(=O)oc2cc1OCc1c(Cl)cccc1Cl. The average molecular weight is 425 g/mol. The van der Waals surface area contributed by atoms with E-state index in [2.05, 4.69) is 6.92 Å². The van der Waals surface area contributed by atoms with Crippen LogP contribution in [0, 0.1) is 0 Å². The molecular formula is C24H18Cl2O3. The van der Waals surface area contributed by atoms with Gasteiger partial charge in [0.2, 0.25) is 0 Å². The quantitative estimate of drug-likeness (QED) is 0.326. The van der Waals surface area contributed by atoms with Crippen molar-refractivity contribution >= 4 is 34.2 Å². The second kappa shape index (κ2) is 8.32. The van der Waals surface area contributed by atoms with Gasteiger partial charge in [-0.05, 0) is 41.3 Å². The van der Waals surface area contributed by atoms with Crippen molar-refractivity contribution in [1.82, 2.24) is 0 Å². The zero-order valence-electron chi connectivity index (χ0n) is 15.7.